The third-order valence-corrected chi connectivity index (χ3v) is 3.82. The average molecular weight is 323 g/mol. The number of methoxy groups -OCH3 is 1. The molecule has 0 heterocycles. The van der Waals surface area contributed by atoms with Gasteiger partial charge in [-0.05, 0) is 30.5 Å². The highest BCUT2D eigenvalue weighted by Crippen LogP contribution is 2.29. The molecule has 6 heteroatoms. The van der Waals surface area contributed by atoms with Crippen LogP contribution in [0, 0.1) is 16.0 Å². The number of hydrogen-bond acceptors (Lipinski definition) is 5. The molecule has 0 N–H and O–H groups in total. The second kappa shape index (κ2) is 10.6. The molecular weight excluding hydrogens is 298 g/mol. The monoisotopic (exact) mass is 323 g/mol. The number of carbonyl (C=O) groups is 1. The van der Waals surface area contributed by atoms with Gasteiger partial charge < -0.3 is 14.4 Å². The summed E-state index contributed by atoms with van der Waals surface area (Å²) in [7, 11) is 1.53. The number of unbranched alkanes of at least 4 members (excludes halogenated alkanes) is 3. The van der Waals surface area contributed by atoms with Crippen LogP contribution in [0.4, 0.5) is 0 Å². The van der Waals surface area contributed by atoms with E-state index in [-0.39, 0.29) is 5.92 Å². The largest absolute Gasteiger partial charge is 0.497 e. The standard InChI is InChI=1S/C17H25NO5/c1-3-4-5-6-8-14(13-19)11-17(23-18(20)21)15-9-7-10-16(12-15)22-2/h7,9-10,12-14,17H,3-6,8,11H2,1-2H3/t14-,17-/m0/s1. The van der Waals surface area contributed by atoms with Gasteiger partial charge in [0.2, 0.25) is 0 Å². The predicted octanol–water partition coefficient (Wildman–Crippen LogP) is 4.12. The van der Waals surface area contributed by atoms with Crippen LogP contribution in [0.1, 0.15) is 57.1 Å². The van der Waals surface area contributed by atoms with Crippen LogP contribution in [0.3, 0.4) is 0 Å². The van der Waals surface area contributed by atoms with Crippen molar-refractivity contribution in [2.45, 2.75) is 51.6 Å². The first-order valence-corrected chi connectivity index (χ1v) is 8.01. The Bertz CT molecular complexity index is 492. The fraction of sp³-hybridized carbons (Fsp3) is 0.588. The minimum atomic E-state index is -0.802. The molecule has 6 nitrogen and oxygen atoms in total. The summed E-state index contributed by atoms with van der Waals surface area (Å²) in [4.78, 5) is 26.9. The summed E-state index contributed by atoms with van der Waals surface area (Å²) in [5, 5.41) is 9.97. The lowest BCUT2D eigenvalue weighted by Crippen LogP contribution is -2.15. The molecule has 128 valence electrons. The lowest BCUT2D eigenvalue weighted by Gasteiger charge is -2.19. The fourth-order valence-corrected chi connectivity index (χ4v) is 2.54. The number of benzene rings is 1. The Labute approximate surface area is 136 Å². The van der Waals surface area contributed by atoms with Crippen LogP contribution in [-0.4, -0.2) is 18.5 Å². The zero-order chi connectivity index (χ0) is 17.1. The molecule has 0 saturated heterocycles. The second-order valence-electron chi connectivity index (χ2n) is 5.58. The van der Waals surface area contributed by atoms with E-state index in [1.807, 2.05) is 0 Å². The van der Waals surface area contributed by atoms with E-state index in [0.717, 1.165) is 38.4 Å². The van der Waals surface area contributed by atoms with E-state index >= 15 is 0 Å². The van der Waals surface area contributed by atoms with Gasteiger partial charge in [0.25, 0.3) is 5.09 Å². The molecule has 0 unspecified atom stereocenters. The van der Waals surface area contributed by atoms with E-state index in [1.54, 1.807) is 24.3 Å². The maximum atomic E-state index is 11.3. The Hall–Kier alpha value is -2.11. The van der Waals surface area contributed by atoms with Crippen molar-refractivity contribution in [3.05, 3.63) is 39.9 Å². The van der Waals surface area contributed by atoms with Crippen molar-refractivity contribution >= 4 is 6.29 Å². The fourth-order valence-electron chi connectivity index (χ4n) is 2.54. The number of rotatable bonds is 12. The highest BCUT2D eigenvalue weighted by molar-refractivity contribution is 5.53. The van der Waals surface area contributed by atoms with Crippen LogP contribution in [0.2, 0.25) is 0 Å². The molecular formula is C17H25NO5. The van der Waals surface area contributed by atoms with Crippen molar-refractivity contribution in [3.8, 4) is 5.75 Å². The van der Waals surface area contributed by atoms with Crippen LogP contribution in [0.15, 0.2) is 24.3 Å². The van der Waals surface area contributed by atoms with Gasteiger partial charge >= 0.3 is 0 Å². The maximum absolute atomic E-state index is 11.3. The van der Waals surface area contributed by atoms with Crippen molar-refractivity contribution < 1.29 is 19.5 Å². The van der Waals surface area contributed by atoms with E-state index in [1.165, 1.54) is 7.11 Å². The number of nitrogens with zero attached hydrogens (tertiary/aromatic N) is 1. The predicted molar refractivity (Wildman–Crippen MR) is 86.7 cm³/mol. The Balaban J connectivity index is 2.75. The molecule has 23 heavy (non-hydrogen) atoms. The lowest BCUT2D eigenvalue weighted by molar-refractivity contribution is -0.771. The summed E-state index contributed by atoms with van der Waals surface area (Å²) in [5.41, 5.74) is 0.640. The topological polar surface area (TPSA) is 78.7 Å². The van der Waals surface area contributed by atoms with Crippen molar-refractivity contribution in [2.24, 2.45) is 5.92 Å². The minimum absolute atomic E-state index is 0.247. The SMILES string of the molecule is CCCCCC[C@H](C=O)C[C@H](O[N+](=O)[O-])c1cccc(OC)c1. The van der Waals surface area contributed by atoms with E-state index in [4.69, 9.17) is 9.57 Å². The first-order chi connectivity index (χ1) is 11.1. The van der Waals surface area contributed by atoms with E-state index in [9.17, 15) is 14.9 Å². The molecule has 0 spiro atoms. The molecule has 1 rings (SSSR count). The molecule has 1 aromatic carbocycles. The molecule has 0 amide bonds. The molecule has 0 radical (unpaired) electrons. The molecule has 0 saturated carbocycles. The van der Waals surface area contributed by atoms with Crippen LogP contribution in [0.5, 0.6) is 5.75 Å². The van der Waals surface area contributed by atoms with Crippen molar-refractivity contribution in [3.63, 3.8) is 0 Å². The molecule has 0 bridgehead atoms. The zero-order valence-corrected chi connectivity index (χ0v) is 13.8. The Morgan fingerprint density at radius 2 is 2.09 bits per heavy atom. The molecule has 0 fully saturated rings. The number of ether oxygens (including phenoxy) is 1. The molecule has 1 aromatic rings. The summed E-state index contributed by atoms with van der Waals surface area (Å²) in [6.45, 7) is 2.13. The lowest BCUT2D eigenvalue weighted by atomic mass is 9.93. The zero-order valence-electron chi connectivity index (χ0n) is 13.8. The number of hydrogen-bond donors (Lipinski definition) is 0. The van der Waals surface area contributed by atoms with Crippen molar-refractivity contribution in [1.82, 2.24) is 0 Å². The molecule has 0 aliphatic heterocycles. The minimum Gasteiger partial charge on any atom is -0.497 e. The Morgan fingerprint density at radius 3 is 2.70 bits per heavy atom. The van der Waals surface area contributed by atoms with Gasteiger partial charge in [-0.2, -0.15) is 0 Å². The van der Waals surface area contributed by atoms with Crippen LogP contribution < -0.4 is 4.74 Å². The number of carbonyl (C=O) groups excluding carboxylic acids is 1. The average Bonchev–Trinajstić information content (AvgIpc) is 2.56. The summed E-state index contributed by atoms with van der Waals surface area (Å²) in [5.74, 6) is 0.355. The van der Waals surface area contributed by atoms with Crippen molar-refractivity contribution in [2.75, 3.05) is 7.11 Å². The maximum Gasteiger partial charge on any atom is 0.295 e. The van der Waals surface area contributed by atoms with Gasteiger partial charge in [0.05, 0.1) is 7.11 Å². The highest BCUT2D eigenvalue weighted by atomic mass is 17.0. The molecule has 0 aliphatic rings. The molecule has 0 aliphatic carbocycles. The first-order valence-electron chi connectivity index (χ1n) is 8.01. The van der Waals surface area contributed by atoms with E-state index in [2.05, 4.69) is 6.92 Å². The van der Waals surface area contributed by atoms with Gasteiger partial charge in [-0.3, -0.25) is 0 Å². The van der Waals surface area contributed by atoms with E-state index < -0.39 is 11.2 Å². The van der Waals surface area contributed by atoms with Gasteiger partial charge in [-0.1, -0.05) is 44.7 Å². The molecule has 0 aromatic heterocycles. The summed E-state index contributed by atoms with van der Waals surface area (Å²) < 4.78 is 5.14. The van der Waals surface area contributed by atoms with Gasteiger partial charge in [0, 0.05) is 5.92 Å². The first kappa shape index (κ1) is 18.9. The summed E-state index contributed by atoms with van der Waals surface area (Å²) in [6.07, 6.45) is 5.42. The van der Waals surface area contributed by atoms with Crippen LogP contribution >= 0.6 is 0 Å². The highest BCUT2D eigenvalue weighted by Gasteiger charge is 2.21. The smallest absolute Gasteiger partial charge is 0.295 e. The summed E-state index contributed by atoms with van der Waals surface area (Å²) >= 11 is 0. The second-order valence-corrected chi connectivity index (χ2v) is 5.58. The third kappa shape index (κ3) is 7.13. The summed E-state index contributed by atoms with van der Waals surface area (Å²) in [6, 6.07) is 6.96. The van der Waals surface area contributed by atoms with E-state index in [0.29, 0.717) is 17.7 Å². The molecule has 2 atom stereocenters. The van der Waals surface area contributed by atoms with Crippen molar-refractivity contribution in [1.29, 1.82) is 0 Å². The van der Waals surface area contributed by atoms with Gasteiger partial charge in [0.15, 0.2) is 0 Å². The third-order valence-electron chi connectivity index (χ3n) is 3.82. The van der Waals surface area contributed by atoms with Gasteiger partial charge in [-0.25, -0.2) is 0 Å². The van der Waals surface area contributed by atoms with Gasteiger partial charge in [0.1, 0.15) is 18.1 Å². The quantitative estimate of drug-likeness (QED) is 0.250. The Kier molecular flexibility index (Phi) is 8.72. The van der Waals surface area contributed by atoms with Gasteiger partial charge in [-0.15, -0.1) is 10.1 Å². The Morgan fingerprint density at radius 1 is 1.30 bits per heavy atom. The number of aldehydes is 1. The van der Waals surface area contributed by atoms with Crippen LogP contribution in [-0.2, 0) is 9.63 Å². The van der Waals surface area contributed by atoms with Crippen LogP contribution in [0.25, 0.3) is 0 Å². The normalized spacial score (nSPS) is 13.1.